The fourth-order valence-corrected chi connectivity index (χ4v) is 0.842. The molecule has 0 radical (unpaired) electrons. The summed E-state index contributed by atoms with van der Waals surface area (Å²) in [6, 6.07) is 0. The van der Waals surface area contributed by atoms with Crippen molar-refractivity contribution in [1.29, 1.82) is 0 Å². The van der Waals surface area contributed by atoms with Crippen molar-refractivity contribution in [3.05, 3.63) is 12.3 Å². The van der Waals surface area contributed by atoms with Gasteiger partial charge >= 0.3 is 6.09 Å². The first-order chi connectivity index (χ1) is 5.94. The summed E-state index contributed by atoms with van der Waals surface area (Å²) < 4.78 is 4.58. The highest BCUT2D eigenvalue weighted by atomic mass is 16.6. The van der Waals surface area contributed by atoms with E-state index in [0.29, 0.717) is 0 Å². The van der Waals surface area contributed by atoms with E-state index >= 15 is 0 Å². The van der Waals surface area contributed by atoms with Gasteiger partial charge in [0, 0.05) is 5.41 Å². The molecule has 4 heteroatoms. The Balaban J connectivity index is 2.36. The van der Waals surface area contributed by atoms with Crippen molar-refractivity contribution in [3.8, 4) is 0 Å². The van der Waals surface area contributed by atoms with Gasteiger partial charge in [-0.3, -0.25) is 10.1 Å². The van der Waals surface area contributed by atoms with E-state index in [2.05, 4.69) is 16.6 Å². The summed E-state index contributed by atoms with van der Waals surface area (Å²) >= 11 is 0. The number of rotatable bonds is 2. The lowest BCUT2D eigenvalue weighted by atomic mass is 10.1. The Morgan fingerprint density at radius 3 is 2.38 bits per heavy atom. The maximum Gasteiger partial charge on any atom is 0.418 e. The van der Waals surface area contributed by atoms with Crippen molar-refractivity contribution in [1.82, 2.24) is 5.32 Å². The maximum absolute atomic E-state index is 11.3. The van der Waals surface area contributed by atoms with Gasteiger partial charge in [0.2, 0.25) is 5.91 Å². The summed E-state index contributed by atoms with van der Waals surface area (Å²) in [6.07, 6.45) is 0.920. The molecule has 0 heterocycles. The Bertz CT molecular complexity index is 266. The zero-order chi connectivity index (χ0) is 10.1. The Hall–Kier alpha value is -1.32. The number of ether oxygens (including phenoxy) is 1. The third-order valence-corrected chi connectivity index (χ3v) is 2.03. The first-order valence-electron chi connectivity index (χ1n) is 4.13. The molecule has 2 amide bonds. The predicted octanol–water partition coefficient (Wildman–Crippen LogP) is 1.57. The van der Waals surface area contributed by atoms with Crippen LogP contribution in [-0.2, 0) is 9.53 Å². The molecule has 1 aliphatic carbocycles. The van der Waals surface area contributed by atoms with Gasteiger partial charge in [0.15, 0.2) is 0 Å². The van der Waals surface area contributed by atoms with Crippen LogP contribution in [0.5, 0.6) is 0 Å². The lowest BCUT2D eigenvalue weighted by Crippen LogP contribution is -2.35. The molecule has 72 valence electrons. The molecule has 0 aromatic rings. The number of hydrogen-bond acceptors (Lipinski definition) is 3. The van der Waals surface area contributed by atoms with Crippen molar-refractivity contribution < 1.29 is 14.3 Å². The van der Waals surface area contributed by atoms with Gasteiger partial charge in [-0.2, -0.15) is 0 Å². The molecule has 13 heavy (non-hydrogen) atoms. The number of carbonyl (C=O) groups excluding carboxylic acids is 2. The van der Waals surface area contributed by atoms with Crippen LogP contribution in [0.4, 0.5) is 4.79 Å². The van der Waals surface area contributed by atoms with Crippen LogP contribution >= 0.6 is 0 Å². The van der Waals surface area contributed by atoms with Crippen molar-refractivity contribution in [2.75, 3.05) is 0 Å². The van der Waals surface area contributed by atoms with Gasteiger partial charge in [-0.05, 0) is 19.8 Å². The van der Waals surface area contributed by atoms with Crippen LogP contribution in [0.1, 0.15) is 26.7 Å². The Kier molecular flexibility index (Phi) is 2.40. The number of hydrogen-bond donors (Lipinski definition) is 1. The highest BCUT2D eigenvalue weighted by molar-refractivity contribution is 5.96. The van der Waals surface area contributed by atoms with Crippen LogP contribution in [0.3, 0.4) is 0 Å². The second-order valence-corrected chi connectivity index (χ2v) is 3.61. The number of alkyl carbamates (subject to hydrolysis) is 1. The fraction of sp³-hybridized carbons (Fsp3) is 0.556. The summed E-state index contributed by atoms with van der Waals surface area (Å²) in [5.74, 6) is 0.00463. The Labute approximate surface area is 76.9 Å². The minimum absolute atomic E-state index is 0.265. The van der Waals surface area contributed by atoms with Gasteiger partial charge in [-0.15, -0.1) is 0 Å². The Morgan fingerprint density at radius 2 is 2.00 bits per heavy atom. The highest BCUT2D eigenvalue weighted by Crippen LogP contribution is 2.44. The van der Waals surface area contributed by atoms with Crippen LogP contribution in [0.2, 0.25) is 0 Å². The number of nitrogens with one attached hydrogen (secondary N) is 1. The fourth-order valence-electron chi connectivity index (χ4n) is 0.842. The average molecular weight is 183 g/mol. The molecule has 0 aliphatic heterocycles. The average Bonchev–Trinajstić information content (AvgIpc) is 2.67. The minimum atomic E-state index is -0.745. The second kappa shape index (κ2) is 3.20. The Morgan fingerprint density at radius 1 is 1.46 bits per heavy atom. The molecule has 0 aromatic carbocycles. The van der Waals surface area contributed by atoms with Gasteiger partial charge in [0.1, 0.15) is 0 Å². The molecule has 1 saturated carbocycles. The smallest absolute Gasteiger partial charge is 0.416 e. The third-order valence-electron chi connectivity index (χ3n) is 2.03. The zero-order valence-electron chi connectivity index (χ0n) is 7.85. The molecule has 4 nitrogen and oxygen atoms in total. The van der Waals surface area contributed by atoms with E-state index in [1.807, 2.05) is 6.92 Å². The molecule has 0 saturated heterocycles. The third kappa shape index (κ3) is 2.57. The minimum Gasteiger partial charge on any atom is -0.416 e. The highest BCUT2D eigenvalue weighted by Gasteiger charge is 2.45. The van der Waals surface area contributed by atoms with Crippen LogP contribution < -0.4 is 5.32 Å². The second-order valence-electron chi connectivity index (χ2n) is 3.61. The summed E-state index contributed by atoms with van der Waals surface area (Å²) in [5, 5.41) is 2.15. The maximum atomic E-state index is 11.3. The number of carbonyl (C=O) groups is 2. The van der Waals surface area contributed by atoms with Crippen molar-refractivity contribution in [3.63, 3.8) is 0 Å². The van der Waals surface area contributed by atoms with Gasteiger partial charge in [0.05, 0.1) is 5.76 Å². The molecule has 0 bridgehead atoms. The molecule has 0 spiro atoms. The van der Waals surface area contributed by atoms with Crippen molar-refractivity contribution in [2.24, 2.45) is 5.41 Å². The molecule has 1 aliphatic rings. The molecule has 0 atom stereocenters. The molecule has 1 fully saturated rings. The normalized spacial score (nSPS) is 17.4. The summed E-state index contributed by atoms with van der Waals surface area (Å²) in [5.41, 5.74) is -0.353. The van der Waals surface area contributed by atoms with E-state index < -0.39 is 6.09 Å². The number of allylic oxidation sites excluding steroid dienone is 1. The first-order valence-corrected chi connectivity index (χ1v) is 4.13. The molecule has 0 unspecified atom stereocenters. The lowest BCUT2D eigenvalue weighted by molar-refractivity contribution is -0.124. The quantitative estimate of drug-likeness (QED) is 0.661. The van der Waals surface area contributed by atoms with Crippen LogP contribution in [-0.4, -0.2) is 12.0 Å². The molecular weight excluding hydrogens is 170 g/mol. The van der Waals surface area contributed by atoms with E-state index in [-0.39, 0.29) is 17.1 Å². The van der Waals surface area contributed by atoms with Crippen LogP contribution in [0.15, 0.2) is 12.3 Å². The van der Waals surface area contributed by atoms with Gasteiger partial charge < -0.3 is 4.74 Å². The lowest BCUT2D eigenvalue weighted by Gasteiger charge is -2.08. The summed E-state index contributed by atoms with van der Waals surface area (Å²) in [4.78, 5) is 22.2. The number of imide groups is 1. The van der Waals surface area contributed by atoms with Crippen LogP contribution in [0.25, 0.3) is 0 Å². The van der Waals surface area contributed by atoms with E-state index in [9.17, 15) is 9.59 Å². The largest absolute Gasteiger partial charge is 0.418 e. The summed E-state index contributed by atoms with van der Waals surface area (Å²) in [6.45, 7) is 6.75. The molecule has 0 aromatic heterocycles. The molecular formula is C9H13NO3. The van der Waals surface area contributed by atoms with Gasteiger partial charge in [0.25, 0.3) is 0 Å². The molecule has 1 N–H and O–H groups in total. The van der Waals surface area contributed by atoms with E-state index in [0.717, 1.165) is 12.8 Å². The van der Waals surface area contributed by atoms with Gasteiger partial charge in [-0.1, -0.05) is 13.5 Å². The monoisotopic (exact) mass is 183 g/mol. The molecule has 1 rings (SSSR count). The van der Waals surface area contributed by atoms with Crippen molar-refractivity contribution in [2.45, 2.75) is 26.7 Å². The van der Waals surface area contributed by atoms with Crippen molar-refractivity contribution >= 4 is 12.0 Å². The first kappa shape index (κ1) is 9.77. The number of amides is 2. The van der Waals surface area contributed by atoms with E-state index in [1.54, 1.807) is 6.92 Å². The standard InChI is InChI=1S/C9H13NO3/c1-6(2)13-8(12)10-7(11)9(3)4-5-9/h1,4-5H2,2-3H3,(H,10,11,12). The topological polar surface area (TPSA) is 55.4 Å². The summed E-state index contributed by atoms with van der Waals surface area (Å²) in [7, 11) is 0. The van der Waals surface area contributed by atoms with E-state index in [1.165, 1.54) is 0 Å². The predicted molar refractivity (Wildman–Crippen MR) is 46.8 cm³/mol. The van der Waals surface area contributed by atoms with Crippen LogP contribution in [0, 0.1) is 5.41 Å². The van der Waals surface area contributed by atoms with E-state index in [4.69, 9.17) is 0 Å². The van der Waals surface area contributed by atoms with Gasteiger partial charge in [-0.25, -0.2) is 4.79 Å². The zero-order valence-corrected chi connectivity index (χ0v) is 7.85. The SMILES string of the molecule is C=C(C)OC(=O)NC(=O)C1(C)CC1.